The van der Waals surface area contributed by atoms with E-state index in [4.69, 9.17) is 0 Å². The van der Waals surface area contributed by atoms with Gasteiger partial charge < -0.3 is 10.0 Å². The molecule has 2 bridgehead atoms. The van der Waals surface area contributed by atoms with Crippen molar-refractivity contribution in [3.8, 4) is 5.75 Å². The zero-order chi connectivity index (χ0) is 12.8. The molecule has 0 radical (unpaired) electrons. The number of phenolic OH excluding ortho intramolecular Hbond substituents is 1. The molecule has 0 amide bonds. The van der Waals surface area contributed by atoms with E-state index in [2.05, 4.69) is 24.9 Å². The van der Waals surface area contributed by atoms with Gasteiger partial charge in [0.05, 0.1) is 0 Å². The second-order valence-corrected chi connectivity index (χ2v) is 6.19. The third-order valence-corrected chi connectivity index (χ3v) is 5.47. The van der Waals surface area contributed by atoms with E-state index in [1.54, 1.807) is 6.07 Å². The molecular weight excluding hydrogens is 222 g/mol. The number of fused-ring (bicyclic) bond motifs is 2. The van der Waals surface area contributed by atoms with E-state index in [-0.39, 0.29) is 0 Å². The molecule has 2 fully saturated rings. The predicted molar refractivity (Wildman–Crippen MR) is 73.8 cm³/mol. The molecule has 98 valence electrons. The highest BCUT2D eigenvalue weighted by Gasteiger charge is 2.48. The molecule has 1 aliphatic carbocycles. The Bertz CT molecular complexity index is 444. The highest BCUT2D eigenvalue weighted by molar-refractivity contribution is 5.35. The summed E-state index contributed by atoms with van der Waals surface area (Å²) in [6, 6.07) is 8.69. The van der Waals surface area contributed by atoms with Gasteiger partial charge in [-0.2, -0.15) is 0 Å². The molecule has 1 unspecified atom stereocenters. The van der Waals surface area contributed by atoms with Crippen molar-refractivity contribution < 1.29 is 5.11 Å². The van der Waals surface area contributed by atoms with Crippen LogP contribution < -0.4 is 0 Å². The van der Waals surface area contributed by atoms with E-state index >= 15 is 0 Å². The van der Waals surface area contributed by atoms with Crippen molar-refractivity contribution in [2.75, 3.05) is 13.6 Å². The molecule has 0 aromatic heterocycles. The van der Waals surface area contributed by atoms with Crippen LogP contribution in [0.4, 0.5) is 0 Å². The second-order valence-electron chi connectivity index (χ2n) is 6.19. The lowest BCUT2D eigenvalue weighted by Crippen LogP contribution is -2.56. The van der Waals surface area contributed by atoms with Gasteiger partial charge in [-0.15, -0.1) is 0 Å². The molecule has 2 nitrogen and oxygen atoms in total. The molecule has 0 spiro atoms. The molecule has 3 atom stereocenters. The first-order valence-electron chi connectivity index (χ1n) is 7.13. The van der Waals surface area contributed by atoms with Crippen LogP contribution in [0.15, 0.2) is 24.3 Å². The summed E-state index contributed by atoms with van der Waals surface area (Å²) < 4.78 is 0. The van der Waals surface area contributed by atoms with Gasteiger partial charge in [0.25, 0.3) is 0 Å². The summed E-state index contributed by atoms with van der Waals surface area (Å²) in [5.41, 5.74) is 1.65. The number of hydrogen-bond acceptors (Lipinski definition) is 2. The van der Waals surface area contributed by atoms with Gasteiger partial charge in [-0.3, -0.25) is 0 Å². The van der Waals surface area contributed by atoms with Crippen LogP contribution in [0, 0.1) is 5.92 Å². The Hall–Kier alpha value is -1.02. The topological polar surface area (TPSA) is 23.5 Å². The average Bonchev–Trinajstić information content (AvgIpc) is 2.35. The van der Waals surface area contributed by atoms with E-state index in [1.165, 1.54) is 37.8 Å². The Morgan fingerprint density at radius 2 is 2.17 bits per heavy atom. The van der Waals surface area contributed by atoms with E-state index < -0.39 is 0 Å². The van der Waals surface area contributed by atoms with Crippen molar-refractivity contribution >= 4 is 0 Å². The number of benzene rings is 1. The summed E-state index contributed by atoms with van der Waals surface area (Å²) in [6.45, 7) is 3.59. The minimum atomic E-state index is 0.300. The fourth-order valence-corrected chi connectivity index (χ4v) is 4.34. The van der Waals surface area contributed by atoms with Gasteiger partial charge >= 0.3 is 0 Å². The van der Waals surface area contributed by atoms with Crippen LogP contribution in [-0.4, -0.2) is 29.6 Å². The lowest BCUT2D eigenvalue weighted by molar-refractivity contribution is 0.0126. The van der Waals surface area contributed by atoms with Gasteiger partial charge in [0.2, 0.25) is 0 Å². The second kappa shape index (κ2) is 4.27. The molecule has 1 aliphatic heterocycles. The van der Waals surface area contributed by atoms with Gasteiger partial charge in [-0.05, 0) is 56.5 Å². The van der Waals surface area contributed by atoms with Crippen LogP contribution in [0.5, 0.6) is 5.75 Å². The Labute approximate surface area is 110 Å². The first-order valence-corrected chi connectivity index (χ1v) is 7.13. The zero-order valence-corrected chi connectivity index (χ0v) is 11.4. The van der Waals surface area contributed by atoms with Crippen LogP contribution in [0.3, 0.4) is 0 Å². The first-order chi connectivity index (χ1) is 8.63. The maximum absolute atomic E-state index is 9.77. The van der Waals surface area contributed by atoms with Crippen molar-refractivity contribution in [1.82, 2.24) is 4.90 Å². The van der Waals surface area contributed by atoms with Gasteiger partial charge in [0, 0.05) is 11.5 Å². The molecule has 1 N–H and O–H groups in total. The van der Waals surface area contributed by atoms with Crippen LogP contribution in [0.1, 0.15) is 38.2 Å². The van der Waals surface area contributed by atoms with E-state index in [1.807, 2.05) is 12.1 Å². The SMILES string of the molecule is CC1[C@@H]2CCC[C@@]1(c1cccc(O)c1)CCN2C. The Balaban J connectivity index is 2.02. The monoisotopic (exact) mass is 245 g/mol. The highest BCUT2D eigenvalue weighted by Crippen LogP contribution is 2.50. The minimum Gasteiger partial charge on any atom is -0.508 e. The normalized spacial score (nSPS) is 36.6. The number of piperidine rings is 1. The smallest absolute Gasteiger partial charge is 0.115 e. The largest absolute Gasteiger partial charge is 0.508 e. The van der Waals surface area contributed by atoms with Gasteiger partial charge in [-0.25, -0.2) is 0 Å². The number of hydrogen-bond donors (Lipinski definition) is 1. The number of likely N-dealkylation sites (tertiary alicyclic amines) is 1. The minimum absolute atomic E-state index is 0.300. The van der Waals surface area contributed by atoms with Gasteiger partial charge in [0.1, 0.15) is 5.75 Å². The molecule has 1 saturated heterocycles. The van der Waals surface area contributed by atoms with Crippen molar-refractivity contribution in [3.63, 3.8) is 0 Å². The van der Waals surface area contributed by atoms with Crippen molar-refractivity contribution in [2.45, 2.75) is 44.1 Å². The van der Waals surface area contributed by atoms with Crippen LogP contribution in [0.25, 0.3) is 0 Å². The highest BCUT2D eigenvalue weighted by atomic mass is 16.3. The summed E-state index contributed by atoms with van der Waals surface area (Å²) in [5.74, 6) is 1.10. The quantitative estimate of drug-likeness (QED) is 0.821. The van der Waals surface area contributed by atoms with Crippen LogP contribution in [-0.2, 0) is 5.41 Å². The maximum Gasteiger partial charge on any atom is 0.115 e. The Kier molecular flexibility index (Phi) is 2.86. The molecule has 1 aromatic rings. The fraction of sp³-hybridized carbons (Fsp3) is 0.625. The summed E-state index contributed by atoms with van der Waals surface area (Å²) in [5, 5.41) is 9.77. The third-order valence-electron chi connectivity index (χ3n) is 5.47. The number of nitrogens with zero attached hydrogens (tertiary/aromatic N) is 1. The van der Waals surface area contributed by atoms with Crippen molar-refractivity contribution in [3.05, 3.63) is 29.8 Å². The Morgan fingerprint density at radius 1 is 1.33 bits per heavy atom. The van der Waals surface area contributed by atoms with E-state index in [0.717, 1.165) is 6.04 Å². The molecule has 1 aromatic carbocycles. The summed E-state index contributed by atoms with van der Waals surface area (Å²) in [7, 11) is 2.26. The van der Waals surface area contributed by atoms with Crippen LogP contribution in [0.2, 0.25) is 0 Å². The van der Waals surface area contributed by atoms with Crippen molar-refractivity contribution in [2.24, 2.45) is 5.92 Å². The fourth-order valence-electron chi connectivity index (χ4n) is 4.34. The molecule has 18 heavy (non-hydrogen) atoms. The summed E-state index contributed by atoms with van der Waals surface area (Å²) >= 11 is 0. The molecule has 2 heteroatoms. The van der Waals surface area contributed by atoms with Gasteiger partial charge in [-0.1, -0.05) is 25.5 Å². The van der Waals surface area contributed by atoms with Crippen molar-refractivity contribution in [1.29, 1.82) is 0 Å². The van der Waals surface area contributed by atoms with Gasteiger partial charge in [0.15, 0.2) is 0 Å². The third kappa shape index (κ3) is 1.66. The standard InChI is InChI=1S/C16H23NO/c1-12-15-7-4-8-16(12,9-10-17(15)2)13-5-3-6-14(18)11-13/h3,5-6,11-12,15,18H,4,7-10H2,1-2H3/t12?,15-,16+/m0/s1. The number of aromatic hydroxyl groups is 1. The first kappa shape index (κ1) is 12.0. The van der Waals surface area contributed by atoms with Crippen LogP contribution >= 0.6 is 0 Å². The molecule has 2 aliphatic rings. The number of phenols is 1. The molecule has 3 rings (SSSR count). The maximum atomic E-state index is 9.77. The number of rotatable bonds is 1. The van der Waals surface area contributed by atoms with E-state index in [9.17, 15) is 5.11 Å². The molecular formula is C16H23NO. The lowest BCUT2D eigenvalue weighted by Gasteiger charge is -2.55. The summed E-state index contributed by atoms with van der Waals surface area (Å²) in [6.07, 6.45) is 5.15. The van der Waals surface area contributed by atoms with E-state index in [0.29, 0.717) is 17.1 Å². The lowest BCUT2D eigenvalue weighted by atomic mass is 9.57. The zero-order valence-electron chi connectivity index (χ0n) is 11.4. The average molecular weight is 245 g/mol. The summed E-state index contributed by atoms with van der Waals surface area (Å²) in [4.78, 5) is 2.53. The Morgan fingerprint density at radius 3 is 2.94 bits per heavy atom. The molecule has 1 saturated carbocycles. The molecule has 1 heterocycles. The predicted octanol–water partition coefficient (Wildman–Crippen LogP) is 3.15.